The highest BCUT2D eigenvalue weighted by atomic mass is 16.3. The van der Waals surface area contributed by atoms with Crippen LogP contribution < -0.4 is 11.5 Å². The molecule has 1 aromatic rings. The third kappa shape index (κ3) is 10.3. The minimum absolute atomic E-state index is 0.111. The van der Waals surface area contributed by atoms with Gasteiger partial charge in [0.15, 0.2) is 0 Å². The number of phenolic OH excluding ortho intramolecular Hbond substituents is 1. The predicted octanol–water partition coefficient (Wildman–Crippen LogP) is 6.58. The average Bonchev–Trinajstić information content (AvgIpc) is 2.59. The standard InChI is InChI=1S/C22H40N2O/c1-2-3-4-5-6-7-8-9-10-11-12-13-14-15-16-19-17-20(23)18-21(25)22(19)24/h17-18,25H,2-16,23-24H2,1H3. The maximum absolute atomic E-state index is 9.69. The van der Waals surface area contributed by atoms with Gasteiger partial charge in [-0.25, -0.2) is 0 Å². The van der Waals surface area contributed by atoms with Crippen LogP contribution in [0.1, 0.15) is 102 Å². The molecule has 0 atom stereocenters. The number of aryl methyl sites for hydroxylation is 1. The summed E-state index contributed by atoms with van der Waals surface area (Å²) in [6.07, 6.45) is 20.0. The van der Waals surface area contributed by atoms with E-state index in [2.05, 4.69) is 6.92 Å². The molecule has 0 heterocycles. The van der Waals surface area contributed by atoms with E-state index in [1.165, 1.54) is 89.5 Å². The van der Waals surface area contributed by atoms with Gasteiger partial charge >= 0.3 is 0 Å². The van der Waals surface area contributed by atoms with E-state index in [0.717, 1.165) is 18.4 Å². The van der Waals surface area contributed by atoms with Gasteiger partial charge in [-0.3, -0.25) is 0 Å². The van der Waals surface area contributed by atoms with Crippen molar-refractivity contribution in [2.24, 2.45) is 0 Å². The van der Waals surface area contributed by atoms with Gasteiger partial charge in [-0.15, -0.1) is 0 Å². The molecule has 3 nitrogen and oxygen atoms in total. The second-order valence-electron chi connectivity index (χ2n) is 7.46. The molecule has 0 aliphatic rings. The second kappa shape index (κ2) is 13.9. The predicted molar refractivity (Wildman–Crippen MR) is 111 cm³/mol. The molecule has 0 aliphatic heterocycles. The number of anilines is 2. The van der Waals surface area contributed by atoms with Gasteiger partial charge in [0.2, 0.25) is 0 Å². The van der Waals surface area contributed by atoms with Crippen molar-refractivity contribution in [3.05, 3.63) is 17.7 Å². The lowest BCUT2D eigenvalue weighted by molar-refractivity contribution is 0.477. The monoisotopic (exact) mass is 348 g/mol. The summed E-state index contributed by atoms with van der Waals surface area (Å²) in [6, 6.07) is 3.40. The normalized spacial score (nSPS) is 11.1. The SMILES string of the molecule is CCCCCCCCCCCCCCCCc1cc(N)cc(O)c1N. The van der Waals surface area contributed by atoms with E-state index >= 15 is 0 Å². The van der Waals surface area contributed by atoms with Crippen LogP contribution in [0.3, 0.4) is 0 Å². The molecule has 0 aromatic heterocycles. The number of hydrogen-bond donors (Lipinski definition) is 3. The molecule has 0 aliphatic carbocycles. The fourth-order valence-corrected chi connectivity index (χ4v) is 3.44. The van der Waals surface area contributed by atoms with Crippen LogP contribution in [0.4, 0.5) is 11.4 Å². The molecule has 0 unspecified atom stereocenters. The van der Waals surface area contributed by atoms with Gasteiger partial charge in [-0.2, -0.15) is 0 Å². The molecule has 1 aromatic carbocycles. The highest BCUT2D eigenvalue weighted by Crippen LogP contribution is 2.28. The molecular weight excluding hydrogens is 308 g/mol. The fourth-order valence-electron chi connectivity index (χ4n) is 3.44. The highest BCUT2D eigenvalue weighted by Gasteiger charge is 2.05. The lowest BCUT2D eigenvalue weighted by atomic mass is 10.0. The number of rotatable bonds is 15. The molecule has 1 rings (SSSR count). The quantitative estimate of drug-likeness (QED) is 0.190. The summed E-state index contributed by atoms with van der Waals surface area (Å²) in [5, 5.41) is 9.69. The minimum Gasteiger partial charge on any atom is -0.506 e. The summed E-state index contributed by atoms with van der Waals surface area (Å²) < 4.78 is 0. The smallest absolute Gasteiger partial charge is 0.140 e. The van der Waals surface area contributed by atoms with Crippen LogP contribution in [-0.4, -0.2) is 5.11 Å². The molecule has 3 heteroatoms. The largest absolute Gasteiger partial charge is 0.506 e. The van der Waals surface area contributed by atoms with Gasteiger partial charge in [-0.05, 0) is 24.5 Å². The fraction of sp³-hybridized carbons (Fsp3) is 0.727. The van der Waals surface area contributed by atoms with E-state index < -0.39 is 0 Å². The Morgan fingerprint density at radius 2 is 1.12 bits per heavy atom. The summed E-state index contributed by atoms with van der Waals surface area (Å²) in [4.78, 5) is 0. The van der Waals surface area contributed by atoms with Crippen molar-refractivity contribution in [2.45, 2.75) is 103 Å². The minimum atomic E-state index is 0.111. The van der Waals surface area contributed by atoms with E-state index in [0.29, 0.717) is 11.4 Å². The third-order valence-corrected chi connectivity index (χ3v) is 5.07. The van der Waals surface area contributed by atoms with Gasteiger partial charge in [-0.1, -0.05) is 90.4 Å². The second-order valence-corrected chi connectivity index (χ2v) is 7.46. The maximum Gasteiger partial charge on any atom is 0.140 e. The van der Waals surface area contributed by atoms with Crippen molar-refractivity contribution >= 4 is 11.4 Å². The number of hydrogen-bond acceptors (Lipinski definition) is 3. The summed E-state index contributed by atoms with van der Waals surface area (Å²) in [5.74, 6) is 0.111. The Balaban J connectivity index is 1.91. The molecule has 5 N–H and O–H groups in total. The zero-order valence-electron chi connectivity index (χ0n) is 16.4. The van der Waals surface area contributed by atoms with Gasteiger partial charge in [0, 0.05) is 11.8 Å². The highest BCUT2D eigenvalue weighted by molar-refractivity contribution is 5.64. The van der Waals surface area contributed by atoms with E-state index in [1.54, 1.807) is 0 Å². The molecule has 0 bridgehead atoms. The lowest BCUT2D eigenvalue weighted by Gasteiger charge is -2.09. The molecule has 0 amide bonds. The molecule has 0 spiro atoms. The van der Waals surface area contributed by atoms with Crippen molar-refractivity contribution in [1.29, 1.82) is 0 Å². The summed E-state index contributed by atoms with van der Waals surface area (Å²) >= 11 is 0. The third-order valence-electron chi connectivity index (χ3n) is 5.07. The first-order chi connectivity index (χ1) is 12.1. The van der Waals surface area contributed by atoms with E-state index in [4.69, 9.17) is 11.5 Å². The van der Waals surface area contributed by atoms with Gasteiger partial charge < -0.3 is 16.6 Å². The summed E-state index contributed by atoms with van der Waals surface area (Å²) in [7, 11) is 0. The van der Waals surface area contributed by atoms with Crippen molar-refractivity contribution in [3.8, 4) is 5.75 Å². The number of phenols is 1. The van der Waals surface area contributed by atoms with E-state index in [9.17, 15) is 5.11 Å². The van der Waals surface area contributed by atoms with Crippen LogP contribution >= 0.6 is 0 Å². The van der Waals surface area contributed by atoms with Crippen molar-refractivity contribution in [2.75, 3.05) is 11.5 Å². The zero-order valence-corrected chi connectivity index (χ0v) is 16.4. The number of nitrogens with two attached hydrogens (primary N) is 2. The Morgan fingerprint density at radius 3 is 1.60 bits per heavy atom. The van der Waals surface area contributed by atoms with Gasteiger partial charge in [0.05, 0.1) is 5.69 Å². The molecule has 144 valence electrons. The zero-order chi connectivity index (χ0) is 18.3. The summed E-state index contributed by atoms with van der Waals surface area (Å²) in [6.45, 7) is 2.28. The lowest BCUT2D eigenvalue weighted by Crippen LogP contribution is -1.98. The average molecular weight is 349 g/mol. The van der Waals surface area contributed by atoms with E-state index in [1.807, 2.05) is 6.07 Å². The van der Waals surface area contributed by atoms with Crippen LogP contribution in [0.2, 0.25) is 0 Å². The van der Waals surface area contributed by atoms with Crippen LogP contribution in [0.25, 0.3) is 0 Å². The van der Waals surface area contributed by atoms with Crippen molar-refractivity contribution in [1.82, 2.24) is 0 Å². The number of unbranched alkanes of at least 4 members (excludes halogenated alkanes) is 13. The van der Waals surface area contributed by atoms with E-state index in [-0.39, 0.29) is 5.75 Å². The Kier molecular flexibility index (Phi) is 12.0. The Hall–Kier alpha value is -1.38. The number of aromatic hydroxyl groups is 1. The van der Waals surface area contributed by atoms with Gasteiger partial charge in [0.1, 0.15) is 5.75 Å². The van der Waals surface area contributed by atoms with Crippen LogP contribution in [0.15, 0.2) is 12.1 Å². The molecule has 0 radical (unpaired) electrons. The number of nitrogen functional groups attached to an aromatic ring is 2. The van der Waals surface area contributed by atoms with Crippen LogP contribution in [-0.2, 0) is 6.42 Å². The first-order valence-electron chi connectivity index (χ1n) is 10.5. The van der Waals surface area contributed by atoms with Crippen molar-refractivity contribution < 1.29 is 5.11 Å². The van der Waals surface area contributed by atoms with Gasteiger partial charge in [0.25, 0.3) is 0 Å². The number of benzene rings is 1. The molecular formula is C22H40N2O. The van der Waals surface area contributed by atoms with Crippen LogP contribution in [0, 0.1) is 0 Å². The first kappa shape index (κ1) is 21.7. The summed E-state index contributed by atoms with van der Waals surface area (Å²) in [5.41, 5.74) is 13.7. The molecule has 0 saturated heterocycles. The molecule has 25 heavy (non-hydrogen) atoms. The topological polar surface area (TPSA) is 72.3 Å². The Morgan fingerprint density at radius 1 is 0.680 bits per heavy atom. The first-order valence-corrected chi connectivity index (χ1v) is 10.5. The van der Waals surface area contributed by atoms with Crippen LogP contribution in [0.5, 0.6) is 5.75 Å². The Bertz CT molecular complexity index is 460. The van der Waals surface area contributed by atoms with Crippen molar-refractivity contribution in [3.63, 3.8) is 0 Å². The molecule has 0 saturated carbocycles. The maximum atomic E-state index is 9.69. The Labute approximate surface area is 155 Å². The molecule has 0 fully saturated rings.